The van der Waals surface area contributed by atoms with Crippen LogP contribution in [-0.2, 0) is 9.59 Å². The molecule has 2 N–H and O–H groups in total. The maximum atomic E-state index is 11.2. The number of nitrogens with two attached hydrogens (primary N) is 1. The summed E-state index contributed by atoms with van der Waals surface area (Å²) in [6.45, 7) is 3.05. The molecular formula is C9H16N2O2. The van der Waals surface area contributed by atoms with Crippen LogP contribution in [0.2, 0.25) is 0 Å². The minimum absolute atomic E-state index is 0.0120. The van der Waals surface area contributed by atoms with Crippen LogP contribution in [0.4, 0.5) is 0 Å². The highest BCUT2D eigenvalue weighted by Gasteiger charge is 2.24. The summed E-state index contributed by atoms with van der Waals surface area (Å²) in [5.41, 5.74) is 5.24. The van der Waals surface area contributed by atoms with E-state index in [1.165, 1.54) is 0 Å². The van der Waals surface area contributed by atoms with Gasteiger partial charge < -0.3 is 10.6 Å². The monoisotopic (exact) mass is 184 g/mol. The number of carbonyl (C=O) groups is 2. The molecule has 4 nitrogen and oxygen atoms in total. The zero-order chi connectivity index (χ0) is 9.84. The van der Waals surface area contributed by atoms with Crippen molar-refractivity contribution in [3.05, 3.63) is 0 Å². The third-order valence-corrected chi connectivity index (χ3v) is 2.60. The van der Waals surface area contributed by atoms with Gasteiger partial charge >= 0.3 is 0 Å². The van der Waals surface area contributed by atoms with Crippen molar-refractivity contribution in [1.82, 2.24) is 4.90 Å². The van der Waals surface area contributed by atoms with Gasteiger partial charge in [-0.25, -0.2) is 0 Å². The van der Waals surface area contributed by atoms with Gasteiger partial charge in [0.1, 0.15) is 5.78 Å². The van der Waals surface area contributed by atoms with Crippen LogP contribution in [0, 0.1) is 5.92 Å². The lowest BCUT2D eigenvalue weighted by Gasteiger charge is -2.30. The predicted octanol–water partition coefficient (Wildman–Crippen LogP) is -0.227. The third kappa shape index (κ3) is 2.52. The summed E-state index contributed by atoms with van der Waals surface area (Å²) in [7, 11) is 0. The van der Waals surface area contributed by atoms with Crippen LogP contribution < -0.4 is 5.73 Å². The van der Waals surface area contributed by atoms with E-state index in [1.807, 2.05) is 0 Å². The van der Waals surface area contributed by atoms with Crippen LogP contribution >= 0.6 is 0 Å². The number of nitrogens with zero attached hydrogens (tertiary/aromatic N) is 1. The molecule has 0 unspecified atom stereocenters. The fourth-order valence-electron chi connectivity index (χ4n) is 1.66. The van der Waals surface area contributed by atoms with Gasteiger partial charge in [0.05, 0.1) is 6.54 Å². The Kier molecular flexibility index (Phi) is 3.42. The van der Waals surface area contributed by atoms with Crippen molar-refractivity contribution in [3.63, 3.8) is 0 Å². The second-order valence-electron chi connectivity index (χ2n) is 3.47. The summed E-state index contributed by atoms with van der Waals surface area (Å²) in [6.07, 6.45) is 1.59. The number of hydrogen-bond acceptors (Lipinski definition) is 3. The van der Waals surface area contributed by atoms with Gasteiger partial charge in [-0.15, -0.1) is 0 Å². The van der Waals surface area contributed by atoms with E-state index in [1.54, 1.807) is 11.8 Å². The molecule has 0 atom stereocenters. The van der Waals surface area contributed by atoms with Crippen LogP contribution in [0.1, 0.15) is 19.8 Å². The largest absolute Gasteiger partial charge is 0.342 e. The average Bonchev–Trinajstić information content (AvgIpc) is 2.17. The van der Waals surface area contributed by atoms with Gasteiger partial charge in [0.15, 0.2) is 0 Å². The van der Waals surface area contributed by atoms with Crippen LogP contribution in [0.15, 0.2) is 0 Å². The SMILES string of the molecule is CC(=O)C1CCN(C(=O)CN)CC1. The fraction of sp³-hybridized carbons (Fsp3) is 0.778. The van der Waals surface area contributed by atoms with Gasteiger partial charge in [-0.2, -0.15) is 0 Å². The van der Waals surface area contributed by atoms with Crippen LogP contribution in [0.3, 0.4) is 0 Å². The fourth-order valence-corrected chi connectivity index (χ4v) is 1.66. The molecule has 1 saturated heterocycles. The second kappa shape index (κ2) is 4.37. The molecule has 0 aromatic carbocycles. The molecule has 1 rings (SSSR count). The Labute approximate surface area is 78.1 Å². The van der Waals surface area contributed by atoms with Crippen molar-refractivity contribution in [2.24, 2.45) is 11.7 Å². The van der Waals surface area contributed by atoms with Crippen LogP contribution in [0.25, 0.3) is 0 Å². The normalized spacial score (nSPS) is 18.8. The van der Waals surface area contributed by atoms with E-state index in [0.29, 0.717) is 13.1 Å². The minimum atomic E-state index is -0.0120. The van der Waals surface area contributed by atoms with Gasteiger partial charge in [-0.3, -0.25) is 9.59 Å². The maximum absolute atomic E-state index is 11.2. The lowest BCUT2D eigenvalue weighted by atomic mass is 9.93. The minimum Gasteiger partial charge on any atom is -0.342 e. The van der Waals surface area contributed by atoms with Crippen molar-refractivity contribution < 1.29 is 9.59 Å². The molecule has 74 valence electrons. The van der Waals surface area contributed by atoms with Gasteiger partial charge in [-0.1, -0.05) is 0 Å². The summed E-state index contributed by atoms with van der Waals surface area (Å²) in [5.74, 6) is 0.378. The Morgan fingerprint density at radius 3 is 2.31 bits per heavy atom. The summed E-state index contributed by atoms with van der Waals surface area (Å²) in [4.78, 5) is 23.9. The molecule has 0 aromatic rings. The summed E-state index contributed by atoms with van der Waals surface area (Å²) >= 11 is 0. The van der Waals surface area contributed by atoms with E-state index in [-0.39, 0.29) is 24.2 Å². The van der Waals surface area contributed by atoms with E-state index in [4.69, 9.17) is 5.73 Å². The molecule has 1 fully saturated rings. The highest BCUT2D eigenvalue weighted by atomic mass is 16.2. The van der Waals surface area contributed by atoms with E-state index < -0.39 is 0 Å². The Hall–Kier alpha value is -0.900. The lowest BCUT2D eigenvalue weighted by molar-refractivity contribution is -0.133. The number of amides is 1. The highest BCUT2D eigenvalue weighted by Crippen LogP contribution is 2.17. The van der Waals surface area contributed by atoms with E-state index in [0.717, 1.165) is 12.8 Å². The molecule has 0 saturated carbocycles. The Morgan fingerprint density at radius 2 is 1.92 bits per heavy atom. The Morgan fingerprint density at radius 1 is 1.38 bits per heavy atom. The molecule has 0 radical (unpaired) electrons. The molecule has 0 bridgehead atoms. The van der Waals surface area contributed by atoms with Gasteiger partial charge in [-0.05, 0) is 19.8 Å². The predicted molar refractivity (Wildman–Crippen MR) is 49.0 cm³/mol. The number of ketones is 1. The standard InChI is InChI=1S/C9H16N2O2/c1-7(12)8-2-4-11(5-3-8)9(13)6-10/h8H,2-6,10H2,1H3. The number of piperidine rings is 1. The van der Waals surface area contributed by atoms with E-state index >= 15 is 0 Å². The number of rotatable bonds is 2. The summed E-state index contributed by atoms with van der Waals surface area (Å²) in [5, 5.41) is 0. The molecule has 0 aliphatic carbocycles. The van der Waals surface area contributed by atoms with Crippen molar-refractivity contribution in [2.75, 3.05) is 19.6 Å². The first-order valence-corrected chi connectivity index (χ1v) is 4.63. The van der Waals surface area contributed by atoms with Crippen molar-refractivity contribution in [1.29, 1.82) is 0 Å². The number of hydrogen-bond donors (Lipinski definition) is 1. The van der Waals surface area contributed by atoms with Crippen molar-refractivity contribution in [3.8, 4) is 0 Å². The molecule has 1 aliphatic rings. The Balaban J connectivity index is 2.39. The molecule has 13 heavy (non-hydrogen) atoms. The lowest BCUT2D eigenvalue weighted by Crippen LogP contribution is -2.42. The molecule has 1 heterocycles. The highest BCUT2D eigenvalue weighted by molar-refractivity contribution is 5.80. The van der Waals surface area contributed by atoms with Crippen LogP contribution in [0.5, 0.6) is 0 Å². The smallest absolute Gasteiger partial charge is 0.236 e. The quantitative estimate of drug-likeness (QED) is 0.645. The van der Waals surface area contributed by atoms with Crippen LogP contribution in [-0.4, -0.2) is 36.2 Å². The number of likely N-dealkylation sites (tertiary alicyclic amines) is 1. The molecule has 4 heteroatoms. The maximum Gasteiger partial charge on any atom is 0.236 e. The number of carbonyl (C=O) groups excluding carboxylic acids is 2. The molecule has 0 aromatic heterocycles. The molecule has 1 aliphatic heterocycles. The van der Waals surface area contributed by atoms with Gasteiger partial charge in [0.25, 0.3) is 0 Å². The first-order valence-electron chi connectivity index (χ1n) is 4.63. The van der Waals surface area contributed by atoms with Crippen molar-refractivity contribution >= 4 is 11.7 Å². The van der Waals surface area contributed by atoms with Crippen molar-refractivity contribution in [2.45, 2.75) is 19.8 Å². The second-order valence-corrected chi connectivity index (χ2v) is 3.47. The first kappa shape index (κ1) is 10.2. The first-order chi connectivity index (χ1) is 6.15. The average molecular weight is 184 g/mol. The Bertz CT molecular complexity index is 208. The molecule has 0 spiro atoms. The molecule has 1 amide bonds. The van der Waals surface area contributed by atoms with E-state index in [2.05, 4.69) is 0 Å². The number of Topliss-reactive ketones (excluding diaryl/α,β-unsaturated/α-hetero) is 1. The summed E-state index contributed by atoms with van der Waals surface area (Å²) in [6, 6.07) is 0. The summed E-state index contributed by atoms with van der Waals surface area (Å²) < 4.78 is 0. The topological polar surface area (TPSA) is 63.4 Å². The van der Waals surface area contributed by atoms with E-state index in [9.17, 15) is 9.59 Å². The molecular weight excluding hydrogens is 168 g/mol. The van der Waals surface area contributed by atoms with Gasteiger partial charge in [0.2, 0.25) is 5.91 Å². The zero-order valence-electron chi connectivity index (χ0n) is 7.95. The van der Waals surface area contributed by atoms with Gasteiger partial charge in [0, 0.05) is 19.0 Å². The zero-order valence-corrected chi connectivity index (χ0v) is 7.95. The third-order valence-electron chi connectivity index (χ3n) is 2.60.